The first-order chi connectivity index (χ1) is 9.74. The van der Waals surface area contributed by atoms with Gasteiger partial charge >= 0.3 is 5.97 Å². The lowest BCUT2D eigenvalue weighted by atomic mass is 10.1. The summed E-state index contributed by atoms with van der Waals surface area (Å²) >= 11 is 0. The minimum Gasteiger partial charge on any atom is -0.461 e. The molecule has 0 radical (unpaired) electrons. The first kappa shape index (κ1) is 14.8. The fraction of sp³-hybridized carbons (Fsp3) is 0.714. The lowest BCUT2D eigenvalue weighted by molar-refractivity contribution is 0.0431. The smallest absolute Gasteiger partial charge is 0.360 e. The molecular formula is C14H22N2O4. The number of oxazole rings is 1. The van der Waals surface area contributed by atoms with Gasteiger partial charge in [0, 0.05) is 19.7 Å². The van der Waals surface area contributed by atoms with E-state index in [1.54, 1.807) is 6.92 Å². The van der Waals surface area contributed by atoms with Crippen LogP contribution in [-0.4, -0.2) is 43.4 Å². The summed E-state index contributed by atoms with van der Waals surface area (Å²) < 4.78 is 16.1. The maximum atomic E-state index is 11.6. The number of anilines is 1. The molecule has 1 aliphatic rings. The Hall–Kier alpha value is -1.56. The van der Waals surface area contributed by atoms with Crippen molar-refractivity contribution in [1.82, 2.24) is 4.98 Å². The number of aromatic nitrogens is 1. The Morgan fingerprint density at radius 1 is 1.55 bits per heavy atom. The van der Waals surface area contributed by atoms with Crippen LogP contribution in [-0.2, 0) is 9.47 Å². The molecular weight excluding hydrogens is 260 g/mol. The molecule has 1 aliphatic heterocycles. The summed E-state index contributed by atoms with van der Waals surface area (Å²) in [5, 5.41) is 0. The molecule has 1 unspecified atom stereocenters. The maximum Gasteiger partial charge on any atom is 0.360 e. The number of hydrogen-bond acceptors (Lipinski definition) is 6. The number of piperidine rings is 1. The van der Waals surface area contributed by atoms with Crippen LogP contribution in [0.5, 0.6) is 0 Å². The minimum absolute atomic E-state index is 0.210. The summed E-state index contributed by atoms with van der Waals surface area (Å²) in [6.07, 6.45) is 4.67. The number of esters is 1. The zero-order valence-corrected chi connectivity index (χ0v) is 12.1. The lowest BCUT2D eigenvalue weighted by Crippen LogP contribution is -2.40. The van der Waals surface area contributed by atoms with Gasteiger partial charge in [0.05, 0.1) is 12.7 Å². The summed E-state index contributed by atoms with van der Waals surface area (Å²) in [4.78, 5) is 17.8. The fourth-order valence-electron chi connectivity index (χ4n) is 2.24. The number of hydrogen-bond donors (Lipinski definition) is 0. The van der Waals surface area contributed by atoms with Crippen molar-refractivity contribution < 1.29 is 18.7 Å². The third-order valence-electron chi connectivity index (χ3n) is 3.18. The van der Waals surface area contributed by atoms with E-state index in [0.717, 1.165) is 39.0 Å². The molecule has 1 atom stereocenters. The average Bonchev–Trinajstić information content (AvgIpc) is 2.95. The Bertz CT molecular complexity index is 433. The standard InChI is InChI=1S/C14H22N2O4/c1-3-8-19-11-6-5-7-16(9-11)14-15-12(10-20-14)13(17)18-4-2/h10-11H,3-9H2,1-2H3. The molecule has 1 fully saturated rings. The topological polar surface area (TPSA) is 64.8 Å². The zero-order chi connectivity index (χ0) is 14.4. The molecule has 2 rings (SSSR count). The van der Waals surface area contributed by atoms with Gasteiger partial charge in [0.1, 0.15) is 6.26 Å². The van der Waals surface area contributed by atoms with E-state index in [9.17, 15) is 4.79 Å². The molecule has 112 valence electrons. The minimum atomic E-state index is -0.446. The second kappa shape index (κ2) is 7.28. The van der Waals surface area contributed by atoms with Gasteiger partial charge in [-0.25, -0.2) is 4.79 Å². The van der Waals surface area contributed by atoms with Crippen LogP contribution in [0.2, 0.25) is 0 Å². The first-order valence-electron chi connectivity index (χ1n) is 7.23. The van der Waals surface area contributed by atoms with Crippen molar-refractivity contribution in [3.63, 3.8) is 0 Å². The van der Waals surface area contributed by atoms with E-state index in [1.807, 2.05) is 4.90 Å². The Kier molecular flexibility index (Phi) is 5.40. The van der Waals surface area contributed by atoms with E-state index >= 15 is 0 Å². The second-order valence-corrected chi connectivity index (χ2v) is 4.82. The van der Waals surface area contributed by atoms with Crippen LogP contribution in [0.4, 0.5) is 6.01 Å². The molecule has 1 aromatic rings. The molecule has 20 heavy (non-hydrogen) atoms. The third-order valence-corrected chi connectivity index (χ3v) is 3.18. The van der Waals surface area contributed by atoms with Crippen molar-refractivity contribution in [2.24, 2.45) is 0 Å². The molecule has 0 bridgehead atoms. The van der Waals surface area contributed by atoms with Crippen molar-refractivity contribution in [3.05, 3.63) is 12.0 Å². The van der Waals surface area contributed by atoms with Crippen LogP contribution < -0.4 is 4.90 Å². The van der Waals surface area contributed by atoms with Gasteiger partial charge in [-0.15, -0.1) is 0 Å². The first-order valence-corrected chi connectivity index (χ1v) is 7.23. The monoisotopic (exact) mass is 282 g/mol. The number of rotatable bonds is 6. The molecule has 0 aliphatic carbocycles. The van der Waals surface area contributed by atoms with Crippen LogP contribution in [0.3, 0.4) is 0 Å². The average molecular weight is 282 g/mol. The second-order valence-electron chi connectivity index (χ2n) is 4.82. The Morgan fingerprint density at radius 3 is 3.15 bits per heavy atom. The van der Waals surface area contributed by atoms with E-state index in [1.165, 1.54) is 6.26 Å². The van der Waals surface area contributed by atoms with Crippen LogP contribution in [0, 0.1) is 0 Å². The summed E-state index contributed by atoms with van der Waals surface area (Å²) in [5.74, 6) is -0.446. The summed E-state index contributed by atoms with van der Waals surface area (Å²) in [6, 6.07) is 0.470. The van der Waals surface area contributed by atoms with E-state index in [0.29, 0.717) is 12.6 Å². The molecule has 0 aromatic carbocycles. The molecule has 0 amide bonds. The number of nitrogens with zero attached hydrogens (tertiary/aromatic N) is 2. The van der Waals surface area contributed by atoms with Crippen molar-refractivity contribution >= 4 is 12.0 Å². The van der Waals surface area contributed by atoms with Crippen molar-refractivity contribution in [1.29, 1.82) is 0 Å². The predicted octanol–water partition coefficient (Wildman–Crippen LogP) is 2.25. The summed E-state index contributed by atoms with van der Waals surface area (Å²) in [7, 11) is 0. The lowest BCUT2D eigenvalue weighted by Gasteiger charge is -2.31. The predicted molar refractivity (Wildman–Crippen MR) is 73.9 cm³/mol. The van der Waals surface area contributed by atoms with Crippen LogP contribution in [0.15, 0.2) is 10.7 Å². The van der Waals surface area contributed by atoms with Crippen LogP contribution in [0.1, 0.15) is 43.6 Å². The maximum absolute atomic E-state index is 11.6. The highest BCUT2D eigenvalue weighted by Gasteiger charge is 2.24. The SMILES string of the molecule is CCCOC1CCCN(c2nc(C(=O)OCC)co2)C1. The fourth-order valence-corrected chi connectivity index (χ4v) is 2.24. The van der Waals surface area contributed by atoms with Gasteiger partial charge in [-0.2, -0.15) is 4.98 Å². The van der Waals surface area contributed by atoms with E-state index in [-0.39, 0.29) is 11.8 Å². The highest BCUT2D eigenvalue weighted by molar-refractivity contribution is 5.87. The molecule has 0 N–H and O–H groups in total. The highest BCUT2D eigenvalue weighted by Crippen LogP contribution is 2.21. The Morgan fingerprint density at radius 2 is 2.40 bits per heavy atom. The van der Waals surface area contributed by atoms with Gasteiger partial charge in [0.25, 0.3) is 6.01 Å². The summed E-state index contributed by atoms with van der Waals surface area (Å²) in [6.45, 7) is 6.59. The molecule has 1 aromatic heterocycles. The van der Waals surface area contributed by atoms with Gasteiger partial charge in [0.2, 0.25) is 0 Å². The van der Waals surface area contributed by atoms with Gasteiger partial charge < -0.3 is 18.8 Å². The van der Waals surface area contributed by atoms with Crippen molar-refractivity contribution in [3.8, 4) is 0 Å². The summed E-state index contributed by atoms with van der Waals surface area (Å²) in [5.41, 5.74) is 0.221. The molecule has 6 heteroatoms. The zero-order valence-electron chi connectivity index (χ0n) is 12.1. The normalized spacial score (nSPS) is 19.1. The van der Waals surface area contributed by atoms with Crippen molar-refractivity contribution in [2.75, 3.05) is 31.2 Å². The Labute approximate surface area is 119 Å². The van der Waals surface area contributed by atoms with Crippen LogP contribution >= 0.6 is 0 Å². The quantitative estimate of drug-likeness (QED) is 0.746. The molecule has 0 saturated carbocycles. The van der Waals surface area contributed by atoms with Gasteiger partial charge in [-0.05, 0) is 26.2 Å². The molecule has 0 spiro atoms. The van der Waals surface area contributed by atoms with Gasteiger partial charge in [-0.3, -0.25) is 0 Å². The molecule has 2 heterocycles. The largest absolute Gasteiger partial charge is 0.461 e. The number of carbonyl (C=O) groups excluding carboxylic acids is 1. The molecule has 6 nitrogen and oxygen atoms in total. The van der Waals surface area contributed by atoms with Gasteiger partial charge in [-0.1, -0.05) is 6.92 Å². The van der Waals surface area contributed by atoms with E-state index in [4.69, 9.17) is 13.9 Å². The Balaban J connectivity index is 1.95. The number of ether oxygens (including phenoxy) is 2. The highest BCUT2D eigenvalue weighted by atomic mass is 16.5. The van der Waals surface area contributed by atoms with E-state index < -0.39 is 5.97 Å². The van der Waals surface area contributed by atoms with Gasteiger partial charge in [0.15, 0.2) is 5.69 Å². The van der Waals surface area contributed by atoms with Crippen molar-refractivity contribution in [2.45, 2.75) is 39.2 Å². The third kappa shape index (κ3) is 3.72. The molecule has 1 saturated heterocycles. The van der Waals surface area contributed by atoms with Crippen LogP contribution in [0.25, 0.3) is 0 Å². The van der Waals surface area contributed by atoms with E-state index in [2.05, 4.69) is 11.9 Å². The number of carbonyl (C=O) groups is 1.